The van der Waals surface area contributed by atoms with Gasteiger partial charge in [-0.2, -0.15) is 0 Å². The molecule has 0 aromatic heterocycles. The molecule has 5 rings (SSSR count). The summed E-state index contributed by atoms with van der Waals surface area (Å²) in [7, 11) is 1.26. The number of fused-ring (bicyclic) bond motifs is 1. The Labute approximate surface area is 436 Å². The van der Waals surface area contributed by atoms with Gasteiger partial charge in [-0.1, -0.05) is 69.1 Å². The van der Waals surface area contributed by atoms with Crippen LogP contribution in [-0.4, -0.2) is 164 Å². The van der Waals surface area contributed by atoms with Gasteiger partial charge in [-0.25, -0.2) is 9.59 Å². The average molecular weight is 1070 g/mol. The molecule has 19 nitrogen and oxygen atoms in total. The molecule has 0 amide bonds. The number of aliphatic hydroxyl groups excluding tert-OH is 5. The number of cyclic esters (lactones) is 1. The second-order valence-electron chi connectivity index (χ2n) is 20.2. The topological polar surface area (TPSA) is 279 Å². The van der Waals surface area contributed by atoms with E-state index < -0.39 is 155 Å². The number of phenolic OH excluding ortho intramolecular Hbond substituents is 2. The maximum absolute atomic E-state index is 14.0. The Morgan fingerprint density at radius 1 is 0.904 bits per heavy atom. The molecule has 1 aromatic carbocycles. The van der Waals surface area contributed by atoms with Gasteiger partial charge in [0, 0.05) is 19.4 Å². The fraction of sp³-hybridized carbons (Fsp3) is 0.673. The lowest BCUT2D eigenvalue weighted by atomic mass is 9.87. The van der Waals surface area contributed by atoms with Gasteiger partial charge in [-0.05, 0) is 96.6 Å². The van der Waals surface area contributed by atoms with Gasteiger partial charge in [0.25, 0.3) is 0 Å². The highest BCUT2D eigenvalue weighted by Gasteiger charge is 2.55. The zero-order chi connectivity index (χ0) is 54.6. The smallest absolute Gasteiger partial charge is 0.342 e. The Bertz CT molecular complexity index is 2260. The third-order valence-electron chi connectivity index (χ3n) is 13.8. The van der Waals surface area contributed by atoms with Gasteiger partial charge in [-0.15, -0.1) is 0 Å². The highest BCUT2D eigenvalue weighted by Crippen LogP contribution is 2.46. The summed E-state index contributed by atoms with van der Waals surface area (Å²) >= 11 is 12.3. The number of allylic oxidation sites excluding steroid dienone is 2. The minimum absolute atomic E-state index is 0.0475. The van der Waals surface area contributed by atoms with Crippen molar-refractivity contribution in [2.75, 3.05) is 13.7 Å². The Kier molecular flexibility index (Phi) is 20.6. The van der Waals surface area contributed by atoms with Crippen LogP contribution in [0.2, 0.25) is 10.0 Å². The highest BCUT2D eigenvalue weighted by molar-refractivity contribution is 6.39. The summed E-state index contributed by atoms with van der Waals surface area (Å²) in [6.45, 7) is 18.0. The van der Waals surface area contributed by atoms with Crippen LogP contribution in [0, 0.1) is 11.8 Å². The van der Waals surface area contributed by atoms with E-state index in [1.807, 2.05) is 32.9 Å². The van der Waals surface area contributed by atoms with Gasteiger partial charge in [-0.3, -0.25) is 4.79 Å². The maximum atomic E-state index is 14.0. The van der Waals surface area contributed by atoms with Crippen molar-refractivity contribution in [2.45, 2.75) is 199 Å². The van der Waals surface area contributed by atoms with E-state index in [0.29, 0.717) is 17.6 Å². The quantitative estimate of drug-likeness (QED) is 0.0560. The molecule has 7 N–H and O–H groups in total. The van der Waals surface area contributed by atoms with Gasteiger partial charge in [0.05, 0.1) is 53.6 Å². The van der Waals surface area contributed by atoms with Crippen LogP contribution in [0.3, 0.4) is 0 Å². The number of esters is 3. The third kappa shape index (κ3) is 13.8. The number of halogens is 2. The van der Waals surface area contributed by atoms with Gasteiger partial charge >= 0.3 is 17.9 Å². The first-order chi connectivity index (χ1) is 34.1. The number of aliphatic hydroxyl groups is 5. The zero-order valence-corrected chi connectivity index (χ0v) is 45.0. The molecule has 16 atom stereocenters. The molecule has 1 aromatic rings. The number of ether oxygens (including phenoxy) is 9. The standard InChI is InChI=1S/C52H74Cl2O19/c1-13-28-19-24(5)31(56)18-16-15-17-29(22-66-50-44(65-12)41(61)43(27(8)67-50)69-48(64)34-30(14-2)35(53)38(58)36(54)37(34)57)47(63)68-32(26(7)55)20-33-52(11,72-33)21-25(6)42(28)70-49-40(60)39(59)45(51(9,10)73-49)71-46(62)23(3)4/h15-17,19,21,23,26-28,31-33,39-45,49-50,55-61H,13-14,18,20,22H2,1-12H3/b16-15+,24-19+,25-21+,29-17+/t26-,27-,28+,31+,32+,33?,39-,40+,41+,42+,43-,44+,45+,49-,50-,52?/m1/s1. The summed E-state index contributed by atoms with van der Waals surface area (Å²) in [5.41, 5.74) is -1.39. The first-order valence-corrected chi connectivity index (χ1v) is 25.4. The minimum Gasteiger partial charge on any atom is -0.505 e. The van der Waals surface area contributed by atoms with Crippen LogP contribution in [0.15, 0.2) is 47.1 Å². The predicted molar refractivity (Wildman–Crippen MR) is 265 cm³/mol. The SMILES string of the molecule is CCc1c(Cl)c(O)c(Cl)c(O)c1C(=O)O[C@H]1[C@H](O)[C@H](OC)[C@H](OC/C2=C\C=C\C[C@H](O)/C(C)=C/[C@H](CC)[C@@H](O[C@@H]3OC(C)(C)[C@@H](OC(=O)C(C)C)[C@H](O)[C@@H]3O)/C(C)=C/C3(C)OC3C[C@@H]([C@@H](C)O)OC2=O)O[C@@H]1C. The molecule has 0 bridgehead atoms. The maximum Gasteiger partial charge on any atom is 0.342 e. The molecule has 3 saturated heterocycles. The van der Waals surface area contributed by atoms with Crippen molar-refractivity contribution in [1.82, 2.24) is 0 Å². The Hall–Kier alpha value is -3.67. The van der Waals surface area contributed by atoms with E-state index in [2.05, 4.69) is 0 Å². The predicted octanol–water partition coefficient (Wildman–Crippen LogP) is 5.45. The molecule has 0 aliphatic carbocycles. The number of epoxide rings is 1. The van der Waals surface area contributed by atoms with Crippen molar-refractivity contribution in [1.29, 1.82) is 0 Å². The average Bonchev–Trinajstić information content (AvgIpc) is 3.97. The molecule has 0 saturated carbocycles. The largest absolute Gasteiger partial charge is 0.505 e. The molecule has 3 fully saturated rings. The molecule has 21 heteroatoms. The minimum atomic E-state index is -1.62. The first-order valence-electron chi connectivity index (χ1n) is 24.6. The van der Waals surface area contributed by atoms with Crippen molar-refractivity contribution in [3.8, 4) is 11.5 Å². The number of carbonyl (C=O) groups excluding carboxylic acids is 3. The number of phenols is 2. The zero-order valence-electron chi connectivity index (χ0n) is 43.4. The number of hydrogen-bond acceptors (Lipinski definition) is 19. The molecule has 4 aliphatic rings. The van der Waals surface area contributed by atoms with E-state index in [9.17, 15) is 50.1 Å². The van der Waals surface area contributed by atoms with Crippen LogP contribution in [0.1, 0.15) is 111 Å². The van der Waals surface area contributed by atoms with Crippen molar-refractivity contribution < 1.29 is 92.8 Å². The number of hydrogen-bond donors (Lipinski definition) is 7. The van der Waals surface area contributed by atoms with Crippen LogP contribution in [0.4, 0.5) is 0 Å². The van der Waals surface area contributed by atoms with E-state index in [-0.39, 0.29) is 35.4 Å². The number of methoxy groups -OCH3 is 1. The summed E-state index contributed by atoms with van der Waals surface area (Å²) < 4.78 is 53.9. The third-order valence-corrected chi connectivity index (χ3v) is 14.6. The second kappa shape index (κ2) is 25.0. The summed E-state index contributed by atoms with van der Waals surface area (Å²) in [6, 6.07) is 0. The number of aromatic hydroxyl groups is 2. The number of rotatable bonds is 13. The molecule has 73 heavy (non-hydrogen) atoms. The Morgan fingerprint density at radius 2 is 1.58 bits per heavy atom. The monoisotopic (exact) mass is 1070 g/mol. The molecule has 4 heterocycles. The van der Waals surface area contributed by atoms with E-state index in [1.54, 1.807) is 47.6 Å². The second-order valence-corrected chi connectivity index (χ2v) is 21.0. The van der Waals surface area contributed by atoms with Crippen molar-refractivity contribution in [3.63, 3.8) is 0 Å². The summed E-state index contributed by atoms with van der Waals surface area (Å²) in [5.74, 6) is -4.84. The molecule has 0 spiro atoms. The van der Waals surface area contributed by atoms with E-state index in [1.165, 1.54) is 33.1 Å². The Balaban J connectivity index is 1.39. The molecule has 0 radical (unpaired) electrons. The van der Waals surface area contributed by atoms with Crippen LogP contribution < -0.4 is 0 Å². The summed E-state index contributed by atoms with van der Waals surface area (Å²) in [6.07, 6.45) is -8.02. The fourth-order valence-electron chi connectivity index (χ4n) is 9.23. The molecule has 4 aliphatic heterocycles. The van der Waals surface area contributed by atoms with Crippen LogP contribution in [-0.2, 0) is 58.6 Å². The Morgan fingerprint density at radius 3 is 2.18 bits per heavy atom. The van der Waals surface area contributed by atoms with Crippen LogP contribution in [0.25, 0.3) is 0 Å². The molecular formula is C52H74Cl2O19. The van der Waals surface area contributed by atoms with E-state index in [0.717, 1.165) is 0 Å². The van der Waals surface area contributed by atoms with Crippen molar-refractivity contribution >= 4 is 41.1 Å². The molecule has 410 valence electrons. The van der Waals surface area contributed by atoms with Crippen LogP contribution in [0.5, 0.6) is 11.5 Å². The molecular weight excluding hydrogens is 999 g/mol. The van der Waals surface area contributed by atoms with Crippen molar-refractivity contribution in [3.05, 3.63) is 68.3 Å². The lowest BCUT2D eigenvalue weighted by Gasteiger charge is -2.47. The van der Waals surface area contributed by atoms with Gasteiger partial charge in [0.15, 0.2) is 36.3 Å². The lowest BCUT2D eigenvalue weighted by Crippen LogP contribution is -2.64. The summed E-state index contributed by atoms with van der Waals surface area (Å²) in [4.78, 5) is 40.1. The fourth-order valence-corrected chi connectivity index (χ4v) is 9.79. The highest BCUT2D eigenvalue weighted by atomic mass is 35.5. The van der Waals surface area contributed by atoms with Gasteiger partial charge in [0.1, 0.15) is 52.3 Å². The lowest BCUT2D eigenvalue weighted by molar-refractivity contribution is -0.333. The van der Waals surface area contributed by atoms with E-state index >= 15 is 0 Å². The van der Waals surface area contributed by atoms with E-state index in [4.69, 9.17) is 65.8 Å². The van der Waals surface area contributed by atoms with Crippen LogP contribution >= 0.6 is 23.2 Å². The van der Waals surface area contributed by atoms with Gasteiger partial charge < -0.3 is 78.4 Å². The van der Waals surface area contributed by atoms with Gasteiger partial charge in [0.2, 0.25) is 0 Å². The summed E-state index contributed by atoms with van der Waals surface area (Å²) in [5, 5.41) is 76.7. The first kappa shape index (κ1) is 60.2. The normalized spacial score (nSPS) is 37.4. The number of benzene rings is 1. The number of carbonyl (C=O) groups is 3. The molecule has 2 unspecified atom stereocenters. The van der Waals surface area contributed by atoms with Crippen molar-refractivity contribution in [2.24, 2.45) is 11.8 Å².